The first-order valence-corrected chi connectivity index (χ1v) is 10.6. The van der Waals surface area contributed by atoms with Gasteiger partial charge in [0.15, 0.2) is 5.82 Å². The Kier molecular flexibility index (Phi) is 4.98. The van der Waals surface area contributed by atoms with Gasteiger partial charge in [-0.05, 0) is 47.0 Å². The Morgan fingerprint density at radius 3 is 2.55 bits per heavy atom. The fraction of sp³-hybridized carbons (Fsp3) is 0.360. The van der Waals surface area contributed by atoms with Crippen LogP contribution in [0, 0.1) is 5.82 Å². The van der Waals surface area contributed by atoms with Gasteiger partial charge < -0.3 is 9.64 Å². The number of ether oxygens (including phenoxy) is 1. The summed E-state index contributed by atoms with van der Waals surface area (Å²) in [6.07, 6.45) is 0.896. The average Bonchev–Trinajstić information content (AvgIpc) is 2.79. The lowest BCUT2D eigenvalue weighted by atomic mass is 9.86. The zero-order valence-electron chi connectivity index (χ0n) is 16.9. The molecule has 2 heterocycles. The van der Waals surface area contributed by atoms with E-state index >= 15 is 4.39 Å². The highest BCUT2D eigenvalue weighted by Crippen LogP contribution is 2.40. The summed E-state index contributed by atoms with van der Waals surface area (Å²) in [5.41, 5.74) is 3.89. The minimum atomic E-state index is -0.0549. The molecule has 3 aromatic carbocycles. The Bertz CT molecular complexity index is 1030. The topological polar surface area (TPSA) is 15.7 Å². The molecule has 0 spiro atoms. The molecule has 0 radical (unpaired) electrons. The van der Waals surface area contributed by atoms with Crippen molar-refractivity contribution in [1.82, 2.24) is 4.90 Å². The Hall–Kier alpha value is -2.43. The molecule has 1 atom stereocenters. The lowest BCUT2D eigenvalue weighted by Gasteiger charge is -2.39. The molecule has 150 valence electrons. The van der Waals surface area contributed by atoms with E-state index in [1.54, 1.807) is 0 Å². The number of benzene rings is 3. The standard InChI is InChI=1S/C25H27FN2O/c1-2-27-12-11-19-9-10-22(28-13-15-29-16-14-28)24(26)23(19)25(27)21-8-7-18-5-3-4-6-20(18)17-21/h3-10,17,25H,2,11-16H2,1H3. The third-order valence-corrected chi connectivity index (χ3v) is 6.40. The molecule has 1 unspecified atom stereocenters. The summed E-state index contributed by atoms with van der Waals surface area (Å²) in [5.74, 6) is -0.0549. The molecule has 1 fully saturated rings. The number of rotatable bonds is 3. The van der Waals surface area contributed by atoms with Crippen molar-refractivity contribution < 1.29 is 9.13 Å². The number of likely N-dealkylation sites (N-methyl/N-ethyl adjacent to an activating group) is 1. The molecule has 0 aliphatic carbocycles. The molecule has 0 amide bonds. The molecule has 29 heavy (non-hydrogen) atoms. The van der Waals surface area contributed by atoms with Crippen LogP contribution >= 0.6 is 0 Å². The van der Waals surface area contributed by atoms with Gasteiger partial charge in [0, 0.05) is 25.2 Å². The van der Waals surface area contributed by atoms with Crippen molar-refractivity contribution in [1.29, 1.82) is 0 Å². The highest BCUT2D eigenvalue weighted by molar-refractivity contribution is 5.83. The minimum Gasteiger partial charge on any atom is -0.378 e. The molecule has 0 N–H and O–H groups in total. The van der Waals surface area contributed by atoms with E-state index in [1.807, 2.05) is 6.07 Å². The van der Waals surface area contributed by atoms with Crippen molar-refractivity contribution in [2.75, 3.05) is 44.3 Å². The first-order valence-electron chi connectivity index (χ1n) is 10.6. The van der Waals surface area contributed by atoms with Crippen LogP contribution in [-0.4, -0.2) is 44.3 Å². The van der Waals surface area contributed by atoms with Gasteiger partial charge in [-0.25, -0.2) is 4.39 Å². The third kappa shape index (κ3) is 3.30. The SMILES string of the molecule is CCN1CCc2ccc(N3CCOCC3)c(F)c2C1c1ccc2ccccc2c1. The summed E-state index contributed by atoms with van der Waals surface area (Å²) >= 11 is 0. The molecule has 2 aliphatic heterocycles. The summed E-state index contributed by atoms with van der Waals surface area (Å²) in [7, 11) is 0. The largest absolute Gasteiger partial charge is 0.378 e. The lowest BCUT2D eigenvalue weighted by Crippen LogP contribution is -2.39. The third-order valence-electron chi connectivity index (χ3n) is 6.40. The number of morpholine rings is 1. The average molecular weight is 391 g/mol. The number of hydrogen-bond acceptors (Lipinski definition) is 3. The highest BCUT2D eigenvalue weighted by Gasteiger charge is 2.32. The number of halogens is 1. The van der Waals surface area contributed by atoms with Crippen LogP contribution in [0.15, 0.2) is 54.6 Å². The van der Waals surface area contributed by atoms with Crippen LogP contribution < -0.4 is 4.90 Å². The minimum absolute atomic E-state index is 0.0469. The maximum atomic E-state index is 16.0. The van der Waals surface area contributed by atoms with Crippen LogP contribution in [0.5, 0.6) is 0 Å². The van der Waals surface area contributed by atoms with Crippen LogP contribution in [0.25, 0.3) is 10.8 Å². The van der Waals surface area contributed by atoms with Gasteiger partial charge in [0.1, 0.15) is 0 Å². The molecule has 5 rings (SSSR count). The number of fused-ring (bicyclic) bond motifs is 2. The van der Waals surface area contributed by atoms with Crippen LogP contribution in [-0.2, 0) is 11.2 Å². The zero-order valence-corrected chi connectivity index (χ0v) is 16.9. The monoisotopic (exact) mass is 390 g/mol. The lowest BCUT2D eigenvalue weighted by molar-refractivity contribution is 0.122. The van der Waals surface area contributed by atoms with E-state index in [2.05, 4.69) is 65.3 Å². The van der Waals surface area contributed by atoms with Gasteiger partial charge in [-0.15, -0.1) is 0 Å². The predicted octanol–water partition coefficient (Wildman–Crippen LogP) is 4.78. The molecular formula is C25H27FN2O. The van der Waals surface area contributed by atoms with Gasteiger partial charge in [0.05, 0.1) is 24.9 Å². The van der Waals surface area contributed by atoms with E-state index < -0.39 is 0 Å². The van der Waals surface area contributed by atoms with Gasteiger partial charge in [-0.3, -0.25) is 4.90 Å². The van der Waals surface area contributed by atoms with E-state index in [0.29, 0.717) is 13.2 Å². The van der Waals surface area contributed by atoms with Gasteiger partial charge in [0.2, 0.25) is 0 Å². The molecule has 3 nitrogen and oxygen atoms in total. The second-order valence-electron chi connectivity index (χ2n) is 7.96. The Balaban J connectivity index is 1.64. The Labute approximate surface area is 171 Å². The van der Waals surface area contributed by atoms with Gasteiger partial charge in [-0.1, -0.05) is 49.4 Å². The Morgan fingerprint density at radius 2 is 1.76 bits per heavy atom. The molecule has 1 saturated heterocycles. The zero-order chi connectivity index (χ0) is 19.8. The smallest absolute Gasteiger partial charge is 0.151 e. The fourth-order valence-electron chi connectivity index (χ4n) is 4.86. The van der Waals surface area contributed by atoms with Crippen molar-refractivity contribution in [2.24, 2.45) is 0 Å². The summed E-state index contributed by atoms with van der Waals surface area (Å²) in [4.78, 5) is 4.53. The van der Waals surface area contributed by atoms with E-state index in [1.165, 1.54) is 16.3 Å². The number of nitrogens with zero attached hydrogens (tertiary/aromatic N) is 2. The predicted molar refractivity (Wildman–Crippen MR) is 116 cm³/mol. The van der Waals surface area contributed by atoms with Gasteiger partial charge in [-0.2, -0.15) is 0 Å². The number of hydrogen-bond donors (Lipinski definition) is 0. The summed E-state index contributed by atoms with van der Waals surface area (Å²) < 4.78 is 21.5. The van der Waals surface area contributed by atoms with Crippen molar-refractivity contribution in [3.63, 3.8) is 0 Å². The molecular weight excluding hydrogens is 363 g/mol. The van der Waals surface area contributed by atoms with E-state index in [9.17, 15) is 0 Å². The fourth-order valence-corrected chi connectivity index (χ4v) is 4.86. The molecule has 4 heteroatoms. The second kappa shape index (κ2) is 7.77. The van der Waals surface area contributed by atoms with Crippen molar-refractivity contribution in [3.05, 3.63) is 77.1 Å². The van der Waals surface area contributed by atoms with Gasteiger partial charge >= 0.3 is 0 Å². The molecule has 0 saturated carbocycles. The first kappa shape index (κ1) is 18.6. The van der Waals surface area contributed by atoms with E-state index in [-0.39, 0.29) is 11.9 Å². The normalized spacial score (nSPS) is 20.1. The van der Waals surface area contributed by atoms with Crippen molar-refractivity contribution >= 4 is 16.5 Å². The summed E-state index contributed by atoms with van der Waals surface area (Å²) in [6.45, 7) is 6.83. The van der Waals surface area contributed by atoms with E-state index in [4.69, 9.17) is 4.74 Å². The van der Waals surface area contributed by atoms with Crippen LogP contribution in [0.2, 0.25) is 0 Å². The van der Waals surface area contributed by atoms with Crippen LogP contribution in [0.4, 0.5) is 10.1 Å². The maximum Gasteiger partial charge on any atom is 0.151 e. The van der Waals surface area contributed by atoms with Crippen LogP contribution in [0.3, 0.4) is 0 Å². The summed E-state index contributed by atoms with van der Waals surface area (Å²) in [6, 6.07) is 19.0. The second-order valence-corrected chi connectivity index (χ2v) is 7.96. The molecule has 3 aromatic rings. The maximum absolute atomic E-state index is 16.0. The Morgan fingerprint density at radius 1 is 0.966 bits per heavy atom. The summed E-state index contributed by atoms with van der Waals surface area (Å²) in [5, 5.41) is 2.43. The molecule has 0 bridgehead atoms. The number of anilines is 1. The molecule has 2 aliphatic rings. The van der Waals surface area contributed by atoms with E-state index in [0.717, 1.165) is 49.4 Å². The van der Waals surface area contributed by atoms with Gasteiger partial charge in [0.25, 0.3) is 0 Å². The highest BCUT2D eigenvalue weighted by atomic mass is 19.1. The molecule has 0 aromatic heterocycles. The van der Waals surface area contributed by atoms with Crippen molar-refractivity contribution in [2.45, 2.75) is 19.4 Å². The van der Waals surface area contributed by atoms with Crippen LogP contribution in [0.1, 0.15) is 29.7 Å². The van der Waals surface area contributed by atoms with Crippen molar-refractivity contribution in [3.8, 4) is 0 Å². The quantitative estimate of drug-likeness (QED) is 0.640. The first-order chi connectivity index (χ1) is 14.3.